The third kappa shape index (κ3) is 3.94. The van der Waals surface area contributed by atoms with Crippen molar-refractivity contribution in [3.05, 3.63) is 5.82 Å². The zero-order valence-corrected chi connectivity index (χ0v) is 12.4. The fourth-order valence-corrected chi connectivity index (χ4v) is 2.31. The van der Waals surface area contributed by atoms with E-state index >= 15 is 0 Å². The van der Waals surface area contributed by atoms with Crippen molar-refractivity contribution in [1.29, 1.82) is 0 Å². The lowest BCUT2D eigenvalue weighted by atomic mass is 9.92. The van der Waals surface area contributed by atoms with Gasteiger partial charge in [-0.2, -0.15) is 0 Å². The molecule has 1 amide bonds. The van der Waals surface area contributed by atoms with Crippen molar-refractivity contribution in [1.82, 2.24) is 20.1 Å². The first-order chi connectivity index (χ1) is 9.31. The van der Waals surface area contributed by atoms with Crippen LogP contribution in [-0.2, 0) is 22.7 Å². The topological polar surface area (TPSA) is 117 Å². The summed E-state index contributed by atoms with van der Waals surface area (Å²) in [5.74, 6) is -0.996. The van der Waals surface area contributed by atoms with Crippen LogP contribution < -0.4 is 5.32 Å². The molecule has 8 nitrogen and oxygen atoms in total. The fraction of sp³-hybridized carbons (Fsp3) is 0.636. The molecule has 112 valence electrons. The van der Waals surface area contributed by atoms with Crippen LogP contribution in [0.3, 0.4) is 0 Å². The number of hydrogen-bond acceptors (Lipinski definition) is 6. The summed E-state index contributed by atoms with van der Waals surface area (Å²) in [5.41, 5.74) is -0.737. The number of nitrogens with zero attached hydrogens (tertiary/aromatic N) is 3. The number of aromatic nitrogens is 3. The van der Waals surface area contributed by atoms with Gasteiger partial charge in [0.05, 0.1) is 11.2 Å². The Morgan fingerprint density at radius 1 is 1.40 bits per heavy atom. The molecule has 0 spiro atoms. The number of carbonyl (C=O) groups is 2. The molecule has 1 heterocycles. The smallest absolute Gasteiger partial charge is 0.313 e. The second kappa shape index (κ2) is 6.71. The number of aliphatic hydroxyl groups excluding tert-OH is 1. The molecule has 0 aliphatic rings. The third-order valence-electron chi connectivity index (χ3n) is 2.65. The first kappa shape index (κ1) is 16.4. The van der Waals surface area contributed by atoms with Crippen LogP contribution in [0.4, 0.5) is 0 Å². The van der Waals surface area contributed by atoms with Crippen LogP contribution in [0.15, 0.2) is 5.16 Å². The molecule has 0 aliphatic carbocycles. The van der Waals surface area contributed by atoms with Crippen molar-refractivity contribution in [3.63, 3.8) is 0 Å². The minimum atomic E-state index is -0.972. The second-order valence-electron chi connectivity index (χ2n) is 4.79. The van der Waals surface area contributed by atoms with E-state index in [0.717, 1.165) is 11.8 Å². The largest absolute Gasteiger partial charge is 0.481 e. The van der Waals surface area contributed by atoms with Crippen molar-refractivity contribution in [3.8, 4) is 0 Å². The van der Waals surface area contributed by atoms with Crippen molar-refractivity contribution in [2.75, 3.05) is 12.8 Å². The van der Waals surface area contributed by atoms with E-state index in [9.17, 15) is 14.7 Å². The van der Waals surface area contributed by atoms with Crippen LogP contribution in [0.2, 0.25) is 0 Å². The molecule has 0 saturated heterocycles. The highest BCUT2D eigenvalue weighted by Crippen LogP contribution is 2.24. The number of aliphatic hydroxyl groups is 1. The lowest BCUT2D eigenvalue weighted by molar-refractivity contribution is -0.134. The van der Waals surface area contributed by atoms with Gasteiger partial charge in [0.1, 0.15) is 6.61 Å². The third-order valence-corrected chi connectivity index (χ3v) is 3.61. The molecule has 20 heavy (non-hydrogen) atoms. The number of thioether (sulfide) groups is 1. The quantitative estimate of drug-likeness (QED) is 0.593. The maximum absolute atomic E-state index is 11.8. The molecule has 1 rings (SSSR count). The molecule has 3 N–H and O–H groups in total. The number of carbonyl (C=O) groups excluding carboxylic acids is 1. The normalized spacial score (nSPS) is 11.4. The number of hydrogen-bond donors (Lipinski definition) is 3. The van der Waals surface area contributed by atoms with Crippen LogP contribution in [-0.4, -0.2) is 49.7 Å². The highest BCUT2D eigenvalue weighted by molar-refractivity contribution is 7.99. The Balaban J connectivity index is 2.99. The molecule has 0 bridgehead atoms. The Labute approximate surface area is 120 Å². The monoisotopic (exact) mass is 302 g/mol. The van der Waals surface area contributed by atoms with Crippen molar-refractivity contribution in [2.45, 2.75) is 32.2 Å². The summed E-state index contributed by atoms with van der Waals surface area (Å²) in [6, 6.07) is 0. The molecule has 1 aromatic heterocycles. The lowest BCUT2D eigenvalue weighted by Gasteiger charge is -2.24. The highest BCUT2D eigenvalue weighted by Gasteiger charge is 2.29. The van der Waals surface area contributed by atoms with E-state index in [0.29, 0.717) is 11.0 Å². The van der Waals surface area contributed by atoms with Crippen LogP contribution in [0.25, 0.3) is 0 Å². The highest BCUT2D eigenvalue weighted by atomic mass is 32.2. The zero-order chi connectivity index (χ0) is 15.3. The molecule has 0 aliphatic heterocycles. The van der Waals surface area contributed by atoms with E-state index < -0.39 is 11.4 Å². The second-order valence-corrected chi connectivity index (χ2v) is 5.73. The van der Waals surface area contributed by atoms with Crippen LogP contribution in [0.5, 0.6) is 0 Å². The number of carboxylic acid groups (broad SMARTS) is 1. The van der Waals surface area contributed by atoms with Gasteiger partial charge in [0.25, 0.3) is 0 Å². The van der Waals surface area contributed by atoms with Gasteiger partial charge < -0.3 is 20.1 Å². The average molecular weight is 302 g/mol. The number of nitrogens with one attached hydrogen (secondary N) is 1. The summed E-state index contributed by atoms with van der Waals surface area (Å²) in [6.45, 7) is 3.42. The van der Waals surface area contributed by atoms with Gasteiger partial charge in [-0.15, -0.1) is 10.2 Å². The van der Waals surface area contributed by atoms with Gasteiger partial charge in [0.2, 0.25) is 5.91 Å². The van der Waals surface area contributed by atoms with E-state index in [1.165, 1.54) is 0 Å². The molecule has 0 radical (unpaired) electrons. The SMILES string of the molecule is CNC(=O)C(C)(C)Cn1c(CO)nnc1SCC(=O)O. The van der Waals surface area contributed by atoms with Gasteiger partial charge in [-0.3, -0.25) is 9.59 Å². The predicted molar refractivity (Wildman–Crippen MR) is 72.2 cm³/mol. The molecule has 0 saturated carbocycles. The molecule has 9 heteroatoms. The average Bonchev–Trinajstić information content (AvgIpc) is 2.76. The number of aliphatic carboxylic acids is 1. The van der Waals surface area contributed by atoms with Crippen LogP contribution >= 0.6 is 11.8 Å². The molecule has 1 aromatic rings. The van der Waals surface area contributed by atoms with Crippen molar-refractivity contribution < 1.29 is 19.8 Å². The minimum absolute atomic E-state index is 0.163. The Morgan fingerprint density at radius 2 is 2.05 bits per heavy atom. The van der Waals surface area contributed by atoms with E-state index in [-0.39, 0.29) is 24.8 Å². The first-order valence-electron chi connectivity index (χ1n) is 5.91. The number of amides is 1. The van der Waals surface area contributed by atoms with Gasteiger partial charge in [0.15, 0.2) is 11.0 Å². The zero-order valence-electron chi connectivity index (χ0n) is 11.6. The first-order valence-corrected chi connectivity index (χ1v) is 6.90. The number of carboxylic acids is 1. The molecule has 0 fully saturated rings. The summed E-state index contributed by atoms with van der Waals surface area (Å²) < 4.78 is 1.57. The van der Waals surface area contributed by atoms with Crippen LogP contribution in [0, 0.1) is 5.41 Å². The predicted octanol–water partition coefficient (Wildman–Crippen LogP) is -0.281. The van der Waals surface area contributed by atoms with E-state index in [2.05, 4.69) is 15.5 Å². The van der Waals surface area contributed by atoms with E-state index in [1.54, 1.807) is 25.5 Å². The summed E-state index contributed by atoms with van der Waals surface area (Å²) in [6.07, 6.45) is 0. The minimum Gasteiger partial charge on any atom is -0.481 e. The fourth-order valence-electron chi connectivity index (χ4n) is 1.63. The van der Waals surface area contributed by atoms with Crippen molar-refractivity contribution in [2.24, 2.45) is 5.41 Å². The maximum Gasteiger partial charge on any atom is 0.313 e. The van der Waals surface area contributed by atoms with Crippen molar-refractivity contribution >= 4 is 23.6 Å². The molecule has 0 atom stereocenters. The Hall–Kier alpha value is -1.61. The molecular weight excluding hydrogens is 284 g/mol. The summed E-state index contributed by atoms with van der Waals surface area (Å²) in [4.78, 5) is 22.4. The van der Waals surface area contributed by atoms with Gasteiger partial charge in [-0.05, 0) is 13.8 Å². The molecule has 0 aromatic carbocycles. The lowest BCUT2D eigenvalue weighted by Crippen LogP contribution is -2.38. The Kier molecular flexibility index (Phi) is 5.52. The van der Waals surface area contributed by atoms with Crippen LogP contribution in [0.1, 0.15) is 19.7 Å². The molecule has 0 unspecified atom stereocenters. The van der Waals surface area contributed by atoms with Gasteiger partial charge in [0, 0.05) is 13.6 Å². The maximum atomic E-state index is 11.8. The Bertz CT molecular complexity index is 501. The van der Waals surface area contributed by atoms with E-state index in [4.69, 9.17) is 5.11 Å². The molecular formula is C11H18N4O4S. The number of rotatable bonds is 7. The van der Waals surface area contributed by atoms with E-state index in [1.807, 2.05) is 0 Å². The standard InChI is InChI=1S/C11H18N4O4S/c1-11(2,9(19)12-3)6-15-7(4-16)13-14-10(15)20-5-8(17)18/h16H,4-6H2,1-3H3,(H,12,19)(H,17,18). The van der Waals surface area contributed by atoms with Gasteiger partial charge in [-0.25, -0.2) is 0 Å². The summed E-state index contributed by atoms with van der Waals surface area (Å²) in [5, 5.41) is 28.5. The summed E-state index contributed by atoms with van der Waals surface area (Å²) in [7, 11) is 1.54. The van der Waals surface area contributed by atoms with Gasteiger partial charge >= 0.3 is 5.97 Å². The van der Waals surface area contributed by atoms with Gasteiger partial charge in [-0.1, -0.05) is 11.8 Å². The summed E-state index contributed by atoms with van der Waals surface area (Å²) >= 11 is 0.998. The Morgan fingerprint density at radius 3 is 2.55 bits per heavy atom.